The van der Waals surface area contributed by atoms with Crippen LogP contribution in [0.2, 0.25) is 0 Å². The molecule has 30 heavy (non-hydrogen) atoms. The van der Waals surface area contributed by atoms with Crippen LogP contribution < -0.4 is 14.8 Å². The predicted octanol–water partition coefficient (Wildman–Crippen LogP) is 4.18. The topological polar surface area (TPSA) is 67.9 Å². The molecular formula is C24H36N2O4. The third-order valence-electron chi connectivity index (χ3n) is 6.06. The maximum atomic E-state index is 12.8. The number of benzene rings is 1. The summed E-state index contributed by atoms with van der Waals surface area (Å²) in [5.74, 6) is 1.71. The van der Waals surface area contributed by atoms with Crippen molar-refractivity contribution in [2.24, 2.45) is 5.92 Å². The fourth-order valence-corrected chi connectivity index (χ4v) is 4.37. The van der Waals surface area contributed by atoms with Crippen molar-refractivity contribution < 1.29 is 19.1 Å². The molecule has 1 aromatic carbocycles. The minimum Gasteiger partial charge on any atom is -0.490 e. The SMILES string of the molecule is CCCOc1ccc(C(=O)NC2CCN(C(=O)C3CCCCC3)CC2)cc1OCC. The molecule has 166 valence electrons. The Morgan fingerprint density at radius 1 is 1.00 bits per heavy atom. The van der Waals surface area contributed by atoms with Crippen LogP contribution in [0, 0.1) is 5.92 Å². The van der Waals surface area contributed by atoms with Gasteiger partial charge in [-0.25, -0.2) is 0 Å². The first-order valence-corrected chi connectivity index (χ1v) is 11.6. The molecule has 1 aliphatic heterocycles. The van der Waals surface area contributed by atoms with Crippen molar-refractivity contribution in [2.75, 3.05) is 26.3 Å². The molecule has 6 nitrogen and oxygen atoms in total. The van der Waals surface area contributed by atoms with Gasteiger partial charge >= 0.3 is 0 Å². The first-order chi connectivity index (χ1) is 14.6. The fraction of sp³-hybridized carbons (Fsp3) is 0.667. The van der Waals surface area contributed by atoms with Crippen molar-refractivity contribution in [3.05, 3.63) is 23.8 Å². The molecule has 3 rings (SSSR count). The molecule has 1 saturated carbocycles. The second-order valence-electron chi connectivity index (χ2n) is 8.35. The predicted molar refractivity (Wildman–Crippen MR) is 117 cm³/mol. The lowest BCUT2D eigenvalue weighted by molar-refractivity contribution is -0.137. The molecule has 2 aliphatic rings. The number of rotatable bonds is 8. The summed E-state index contributed by atoms with van der Waals surface area (Å²) in [5.41, 5.74) is 0.572. The third kappa shape index (κ3) is 5.89. The summed E-state index contributed by atoms with van der Waals surface area (Å²) in [4.78, 5) is 27.5. The van der Waals surface area contributed by atoms with Crippen LogP contribution in [0.3, 0.4) is 0 Å². The van der Waals surface area contributed by atoms with Gasteiger partial charge in [-0.05, 0) is 57.2 Å². The van der Waals surface area contributed by atoms with Gasteiger partial charge in [0.25, 0.3) is 5.91 Å². The van der Waals surface area contributed by atoms with E-state index in [1.807, 2.05) is 11.8 Å². The standard InChI is InChI=1S/C24H36N2O4/c1-3-16-30-21-11-10-19(17-22(21)29-4-2)23(27)25-20-12-14-26(15-13-20)24(28)18-8-6-5-7-9-18/h10-11,17-18,20H,3-9,12-16H2,1-2H3,(H,25,27). The van der Waals surface area contributed by atoms with E-state index >= 15 is 0 Å². The molecule has 1 saturated heterocycles. The lowest BCUT2D eigenvalue weighted by Crippen LogP contribution is -2.48. The van der Waals surface area contributed by atoms with E-state index in [4.69, 9.17) is 9.47 Å². The van der Waals surface area contributed by atoms with Gasteiger partial charge < -0.3 is 19.7 Å². The van der Waals surface area contributed by atoms with E-state index in [1.54, 1.807) is 18.2 Å². The van der Waals surface area contributed by atoms with Gasteiger partial charge in [-0.3, -0.25) is 9.59 Å². The Morgan fingerprint density at radius 2 is 1.73 bits per heavy atom. The smallest absolute Gasteiger partial charge is 0.251 e. The number of ether oxygens (including phenoxy) is 2. The molecule has 1 heterocycles. The minimum absolute atomic E-state index is 0.0967. The number of nitrogens with zero attached hydrogens (tertiary/aromatic N) is 1. The second-order valence-corrected chi connectivity index (χ2v) is 8.35. The van der Waals surface area contributed by atoms with Crippen molar-refractivity contribution in [3.8, 4) is 11.5 Å². The summed E-state index contributed by atoms with van der Waals surface area (Å²) < 4.78 is 11.4. The largest absolute Gasteiger partial charge is 0.490 e. The summed E-state index contributed by atoms with van der Waals surface area (Å²) in [6.07, 6.45) is 8.21. The summed E-state index contributed by atoms with van der Waals surface area (Å²) in [5, 5.41) is 3.13. The summed E-state index contributed by atoms with van der Waals surface area (Å²) in [7, 11) is 0. The van der Waals surface area contributed by atoms with Gasteiger partial charge in [0.1, 0.15) is 0 Å². The van der Waals surface area contributed by atoms with Crippen LogP contribution >= 0.6 is 0 Å². The number of amides is 2. The zero-order valence-electron chi connectivity index (χ0n) is 18.5. The highest BCUT2D eigenvalue weighted by Crippen LogP contribution is 2.29. The van der Waals surface area contributed by atoms with Gasteiger partial charge in [0.15, 0.2) is 11.5 Å². The maximum Gasteiger partial charge on any atom is 0.251 e. The average Bonchev–Trinajstić information content (AvgIpc) is 2.79. The van der Waals surface area contributed by atoms with Crippen LogP contribution in [0.4, 0.5) is 0 Å². The first kappa shape index (κ1) is 22.4. The molecule has 0 unspecified atom stereocenters. The molecule has 2 amide bonds. The van der Waals surface area contributed by atoms with E-state index in [9.17, 15) is 9.59 Å². The lowest BCUT2D eigenvalue weighted by atomic mass is 9.87. The molecule has 1 N–H and O–H groups in total. The van der Waals surface area contributed by atoms with Crippen molar-refractivity contribution in [2.45, 2.75) is 71.3 Å². The van der Waals surface area contributed by atoms with Gasteiger partial charge in [0.2, 0.25) is 5.91 Å². The third-order valence-corrected chi connectivity index (χ3v) is 6.06. The van der Waals surface area contributed by atoms with E-state index in [2.05, 4.69) is 12.2 Å². The van der Waals surface area contributed by atoms with Gasteiger partial charge in [-0.1, -0.05) is 26.2 Å². The molecule has 0 spiro atoms. The van der Waals surface area contributed by atoms with Gasteiger partial charge in [0.05, 0.1) is 13.2 Å². The van der Waals surface area contributed by atoms with Crippen LogP contribution in [0.25, 0.3) is 0 Å². The molecule has 2 fully saturated rings. The number of piperidine rings is 1. The highest BCUT2D eigenvalue weighted by Gasteiger charge is 2.29. The molecule has 1 aromatic rings. The Hall–Kier alpha value is -2.24. The van der Waals surface area contributed by atoms with Crippen molar-refractivity contribution in [1.82, 2.24) is 10.2 Å². The molecule has 0 atom stereocenters. The highest BCUT2D eigenvalue weighted by atomic mass is 16.5. The molecular weight excluding hydrogens is 380 g/mol. The van der Waals surface area contributed by atoms with Crippen molar-refractivity contribution in [1.29, 1.82) is 0 Å². The van der Waals surface area contributed by atoms with Gasteiger partial charge in [0, 0.05) is 30.6 Å². The highest BCUT2D eigenvalue weighted by molar-refractivity contribution is 5.95. The van der Waals surface area contributed by atoms with Gasteiger partial charge in [-0.15, -0.1) is 0 Å². The van der Waals surface area contributed by atoms with Crippen molar-refractivity contribution in [3.63, 3.8) is 0 Å². The zero-order chi connectivity index (χ0) is 21.3. The van der Waals surface area contributed by atoms with E-state index in [0.717, 1.165) is 45.2 Å². The molecule has 0 radical (unpaired) electrons. The Balaban J connectivity index is 1.52. The number of hydrogen-bond donors (Lipinski definition) is 1. The van der Waals surface area contributed by atoms with Crippen LogP contribution in [0.1, 0.15) is 75.6 Å². The van der Waals surface area contributed by atoms with Gasteiger partial charge in [-0.2, -0.15) is 0 Å². The summed E-state index contributed by atoms with van der Waals surface area (Å²) in [6.45, 7) is 6.56. The van der Waals surface area contributed by atoms with E-state index < -0.39 is 0 Å². The van der Waals surface area contributed by atoms with Crippen LogP contribution in [-0.2, 0) is 4.79 Å². The summed E-state index contributed by atoms with van der Waals surface area (Å²) in [6, 6.07) is 5.44. The monoisotopic (exact) mass is 416 g/mol. The number of likely N-dealkylation sites (tertiary alicyclic amines) is 1. The number of nitrogens with one attached hydrogen (secondary N) is 1. The minimum atomic E-state index is -0.102. The first-order valence-electron chi connectivity index (χ1n) is 11.6. The molecule has 6 heteroatoms. The van der Waals surface area contributed by atoms with E-state index in [-0.39, 0.29) is 17.9 Å². The summed E-state index contributed by atoms with van der Waals surface area (Å²) >= 11 is 0. The molecule has 0 aromatic heterocycles. The lowest BCUT2D eigenvalue weighted by Gasteiger charge is -2.35. The Kier molecular flexibility index (Phi) is 8.40. The molecule has 0 bridgehead atoms. The molecule has 1 aliphatic carbocycles. The number of carbonyl (C=O) groups is 2. The van der Waals surface area contributed by atoms with E-state index in [1.165, 1.54) is 19.3 Å². The van der Waals surface area contributed by atoms with Crippen LogP contribution in [0.15, 0.2) is 18.2 Å². The Labute approximate surface area is 180 Å². The number of carbonyl (C=O) groups excluding carboxylic acids is 2. The Bertz CT molecular complexity index is 707. The quantitative estimate of drug-likeness (QED) is 0.690. The maximum absolute atomic E-state index is 12.8. The van der Waals surface area contributed by atoms with E-state index in [0.29, 0.717) is 36.2 Å². The van der Waals surface area contributed by atoms with Crippen LogP contribution in [0.5, 0.6) is 11.5 Å². The fourth-order valence-electron chi connectivity index (χ4n) is 4.37. The Morgan fingerprint density at radius 3 is 2.40 bits per heavy atom. The number of hydrogen-bond acceptors (Lipinski definition) is 4. The van der Waals surface area contributed by atoms with Crippen molar-refractivity contribution >= 4 is 11.8 Å². The zero-order valence-corrected chi connectivity index (χ0v) is 18.5. The van der Waals surface area contributed by atoms with Crippen LogP contribution in [-0.4, -0.2) is 49.1 Å². The average molecular weight is 417 g/mol. The second kappa shape index (κ2) is 11.2. The normalized spacial score (nSPS) is 18.1.